The Bertz CT molecular complexity index is 845. The average molecular weight is 278 g/mol. The molecule has 0 amide bonds. The summed E-state index contributed by atoms with van der Waals surface area (Å²) in [6.07, 6.45) is 1.91. The fourth-order valence-electron chi connectivity index (χ4n) is 2.58. The zero-order valence-corrected chi connectivity index (χ0v) is 12.5. The van der Waals surface area contributed by atoms with Crippen LogP contribution in [-0.2, 0) is 7.05 Å². The third-order valence-corrected chi connectivity index (χ3v) is 3.79. The third-order valence-electron chi connectivity index (χ3n) is 3.79. The minimum Gasteiger partial charge on any atom is -0.378 e. The average Bonchev–Trinajstić information content (AvgIpc) is 2.51. The van der Waals surface area contributed by atoms with Crippen molar-refractivity contribution in [2.24, 2.45) is 7.05 Å². The van der Waals surface area contributed by atoms with E-state index >= 15 is 0 Å². The molecule has 3 rings (SSSR count). The highest BCUT2D eigenvalue weighted by atomic mass is 16.1. The van der Waals surface area contributed by atoms with Crippen LogP contribution in [0, 0.1) is 0 Å². The van der Waals surface area contributed by atoms with Gasteiger partial charge in [0, 0.05) is 44.0 Å². The van der Waals surface area contributed by atoms with Gasteiger partial charge in [-0.15, -0.1) is 0 Å². The second kappa shape index (κ2) is 5.09. The number of hydrogen-bond acceptors (Lipinski definition) is 2. The van der Waals surface area contributed by atoms with E-state index in [9.17, 15) is 4.79 Å². The van der Waals surface area contributed by atoms with Crippen molar-refractivity contribution in [1.29, 1.82) is 0 Å². The number of fused-ring (bicyclic) bond motifs is 1. The molecule has 0 atom stereocenters. The van der Waals surface area contributed by atoms with Crippen LogP contribution in [0.1, 0.15) is 0 Å². The quantitative estimate of drug-likeness (QED) is 0.719. The second-order valence-corrected chi connectivity index (χ2v) is 5.44. The Morgan fingerprint density at radius 2 is 1.62 bits per heavy atom. The van der Waals surface area contributed by atoms with E-state index in [0.29, 0.717) is 0 Å². The fraction of sp³-hybridized carbons (Fsp3) is 0.167. The van der Waals surface area contributed by atoms with E-state index in [1.165, 1.54) is 0 Å². The van der Waals surface area contributed by atoms with Crippen LogP contribution >= 0.6 is 0 Å². The van der Waals surface area contributed by atoms with E-state index in [1.54, 1.807) is 0 Å². The number of nitrogens with zero attached hydrogens (tertiary/aromatic N) is 2. The molecule has 0 unspecified atom stereocenters. The Labute approximate surface area is 124 Å². The molecule has 2 aromatic carbocycles. The van der Waals surface area contributed by atoms with Gasteiger partial charge in [-0.1, -0.05) is 24.3 Å². The van der Waals surface area contributed by atoms with Gasteiger partial charge in [0.1, 0.15) is 0 Å². The largest absolute Gasteiger partial charge is 0.378 e. The molecular weight excluding hydrogens is 260 g/mol. The molecule has 1 aromatic heterocycles. The SMILES string of the molecule is CN(C)c1ccc(-c2cn(C)c3ccccc3c2=O)cc1. The van der Waals surface area contributed by atoms with Crippen LogP contribution in [0.15, 0.2) is 59.5 Å². The molecule has 0 saturated carbocycles. The van der Waals surface area contributed by atoms with Crippen molar-refractivity contribution < 1.29 is 0 Å². The van der Waals surface area contributed by atoms with Crippen molar-refractivity contribution in [3.8, 4) is 11.1 Å². The van der Waals surface area contributed by atoms with Crippen molar-refractivity contribution in [2.75, 3.05) is 19.0 Å². The van der Waals surface area contributed by atoms with Gasteiger partial charge in [0.2, 0.25) is 0 Å². The lowest BCUT2D eigenvalue weighted by Gasteiger charge is -2.13. The summed E-state index contributed by atoms with van der Waals surface area (Å²) in [4.78, 5) is 14.7. The van der Waals surface area contributed by atoms with E-state index in [0.717, 1.165) is 27.7 Å². The van der Waals surface area contributed by atoms with Gasteiger partial charge in [-0.25, -0.2) is 0 Å². The molecule has 0 spiro atoms. The normalized spacial score (nSPS) is 10.8. The summed E-state index contributed by atoms with van der Waals surface area (Å²) < 4.78 is 2.01. The number of aromatic nitrogens is 1. The van der Waals surface area contributed by atoms with Crippen LogP contribution in [-0.4, -0.2) is 18.7 Å². The van der Waals surface area contributed by atoms with Crippen molar-refractivity contribution in [3.05, 3.63) is 65.0 Å². The van der Waals surface area contributed by atoms with Crippen LogP contribution in [0.5, 0.6) is 0 Å². The standard InChI is InChI=1S/C18H18N2O/c1-19(2)14-10-8-13(9-11-14)16-12-20(3)17-7-5-4-6-15(17)18(16)21/h4-12H,1-3H3. The summed E-state index contributed by atoms with van der Waals surface area (Å²) in [5, 5.41) is 0.759. The van der Waals surface area contributed by atoms with Gasteiger partial charge in [0.05, 0.1) is 5.52 Å². The highest BCUT2D eigenvalue weighted by Gasteiger charge is 2.09. The van der Waals surface area contributed by atoms with Crippen LogP contribution in [0.25, 0.3) is 22.0 Å². The maximum Gasteiger partial charge on any atom is 0.197 e. The third kappa shape index (κ3) is 2.31. The van der Waals surface area contributed by atoms with Gasteiger partial charge in [-0.3, -0.25) is 4.79 Å². The number of hydrogen-bond donors (Lipinski definition) is 0. The lowest BCUT2D eigenvalue weighted by Crippen LogP contribution is -2.11. The molecule has 3 heteroatoms. The Balaban J connectivity index is 2.21. The minimum absolute atomic E-state index is 0.0845. The first-order valence-electron chi connectivity index (χ1n) is 6.94. The summed E-state index contributed by atoms with van der Waals surface area (Å²) in [7, 11) is 5.98. The van der Waals surface area contributed by atoms with Gasteiger partial charge in [0.15, 0.2) is 5.43 Å². The monoisotopic (exact) mass is 278 g/mol. The summed E-state index contributed by atoms with van der Waals surface area (Å²) in [5.41, 5.74) is 3.85. The molecule has 21 heavy (non-hydrogen) atoms. The van der Waals surface area contributed by atoms with Crippen LogP contribution in [0.3, 0.4) is 0 Å². The fourth-order valence-corrected chi connectivity index (χ4v) is 2.58. The van der Waals surface area contributed by atoms with Gasteiger partial charge in [-0.05, 0) is 29.8 Å². The van der Waals surface area contributed by atoms with Gasteiger partial charge in [0.25, 0.3) is 0 Å². The molecule has 3 aromatic rings. The molecule has 0 aliphatic rings. The molecule has 0 radical (unpaired) electrons. The van der Waals surface area contributed by atoms with Gasteiger partial charge < -0.3 is 9.47 Å². The number of rotatable bonds is 2. The first-order valence-corrected chi connectivity index (χ1v) is 6.94. The Kier molecular flexibility index (Phi) is 3.26. The van der Waals surface area contributed by atoms with Crippen molar-refractivity contribution in [2.45, 2.75) is 0 Å². The van der Waals surface area contributed by atoms with E-state index in [1.807, 2.05) is 85.3 Å². The van der Waals surface area contributed by atoms with E-state index in [-0.39, 0.29) is 5.43 Å². The van der Waals surface area contributed by atoms with Crippen LogP contribution in [0.2, 0.25) is 0 Å². The van der Waals surface area contributed by atoms with Crippen molar-refractivity contribution in [3.63, 3.8) is 0 Å². The highest BCUT2D eigenvalue weighted by molar-refractivity contribution is 5.84. The van der Waals surface area contributed by atoms with E-state index in [4.69, 9.17) is 0 Å². The maximum absolute atomic E-state index is 12.7. The minimum atomic E-state index is 0.0845. The van der Waals surface area contributed by atoms with Gasteiger partial charge in [-0.2, -0.15) is 0 Å². The first-order chi connectivity index (χ1) is 10.1. The molecule has 1 heterocycles. The maximum atomic E-state index is 12.7. The summed E-state index contributed by atoms with van der Waals surface area (Å²) in [5.74, 6) is 0. The smallest absolute Gasteiger partial charge is 0.197 e. The molecule has 0 aliphatic carbocycles. The number of benzene rings is 2. The van der Waals surface area contributed by atoms with E-state index in [2.05, 4.69) is 0 Å². The Morgan fingerprint density at radius 3 is 2.29 bits per heavy atom. The van der Waals surface area contributed by atoms with Crippen LogP contribution in [0.4, 0.5) is 5.69 Å². The molecule has 0 fully saturated rings. The molecule has 106 valence electrons. The predicted octanol–water partition coefficient (Wildman–Crippen LogP) is 3.27. The predicted molar refractivity (Wildman–Crippen MR) is 89.0 cm³/mol. The number of aryl methyl sites for hydroxylation is 1. The molecule has 0 N–H and O–H groups in total. The lowest BCUT2D eigenvalue weighted by molar-refractivity contribution is 0.952. The number of anilines is 1. The van der Waals surface area contributed by atoms with Crippen LogP contribution < -0.4 is 10.3 Å². The number of para-hydroxylation sites is 1. The molecule has 0 saturated heterocycles. The molecular formula is C18H18N2O. The Morgan fingerprint density at radius 1 is 0.952 bits per heavy atom. The first kappa shape index (κ1) is 13.4. The highest BCUT2D eigenvalue weighted by Crippen LogP contribution is 2.22. The van der Waals surface area contributed by atoms with E-state index < -0.39 is 0 Å². The second-order valence-electron chi connectivity index (χ2n) is 5.44. The zero-order valence-electron chi connectivity index (χ0n) is 12.5. The number of pyridine rings is 1. The zero-order chi connectivity index (χ0) is 15.0. The van der Waals surface area contributed by atoms with Crippen molar-refractivity contribution in [1.82, 2.24) is 4.57 Å². The molecule has 3 nitrogen and oxygen atoms in total. The van der Waals surface area contributed by atoms with Gasteiger partial charge >= 0.3 is 0 Å². The topological polar surface area (TPSA) is 25.2 Å². The lowest BCUT2D eigenvalue weighted by atomic mass is 10.0. The van der Waals surface area contributed by atoms with Crippen molar-refractivity contribution >= 4 is 16.6 Å². The summed E-state index contributed by atoms with van der Waals surface area (Å²) in [6, 6.07) is 15.8. The molecule has 0 aliphatic heterocycles. The summed E-state index contributed by atoms with van der Waals surface area (Å²) in [6.45, 7) is 0. The Hall–Kier alpha value is -2.55. The molecule has 0 bridgehead atoms. The summed E-state index contributed by atoms with van der Waals surface area (Å²) >= 11 is 0.